The summed E-state index contributed by atoms with van der Waals surface area (Å²) in [5, 5.41) is 3.54. The maximum Gasteiger partial charge on any atom is 0.119 e. The predicted octanol–water partition coefficient (Wildman–Crippen LogP) is 2.87. The summed E-state index contributed by atoms with van der Waals surface area (Å²) in [6.45, 7) is 1.19. The first-order valence-electron chi connectivity index (χ1n) is 6.97. The molecule has 1 aromatic rings. The largest absolute Gasteiger partial charge is 0.490 e. The summed E-state index contributed by atoms with van der Waals surface area (Å²) in [5.41, 5.74) is 1.42. The molecule has 2 aliphatic heterocycles. The first-order valence-corrected chi connectivity index (χ1v) is 8.12. The minimum absolute atomic E-state index is 0.428. The smallest absolute Gasteiger partial charge is 0.119 e. The van der Waals surface area contributed by atoms with E-state index in [2.05, 4.69) is 29.6 Å². The molecule has 1 N–H and O–H groups in total. The van der Waals surface area contributed by atoms with E-state index in [1.54, 1.807) is 0 Å². The van der Waals surface area contributed by atoms with Gasteiger partial charge in [0, 0.05) is 11.8 Å². The molecule has 2 fully saturated rings. The summed E-state index contributed by atoms with van der Waals surface area (Å²) in [5.74, 6) is 3.43. The van der Waals surface area contributed by atoms with Gasteiger partial charge in [0.2, 0.25) is 0 Å². The standard InChI is InChI=1S/C15H21NOS/c1-2-13(16-8-1)10-12-3-5-14(6-4-12)17-15-7-9-18-11-15/h3-6,13,15-16H,1-2,7-11H2. The van der Waals surface area contributed by atoms with Gasteiger partial charge in [-0.1, -0.05) is 12.1 Å². The molecule has 2 nitrogen and oxygen atoms in total. The molecule has 0 spiro atoms. The van der Waals surface area contributed by atoms with Crippen molar-refractivity contribution in [2.24, 2.45) is 0 Å². The Labute approximate surface area is 113 Å². The number of ether oxygens (including phenoxy) is 1. The van der Waals surface area contributed by atoms with Crippen LogP contribution in [0.3, 0.4) is 0 Å². The van der Waals surface area contributed by atoms with Gasteiger partial charge >= 0.3 is 0 Å². The summed E-state index contributed by atoms with van der Waals surface area (Å²) in [6.07, 6.45) is 5.41. The van der Waals surface area contributed by atoms with Gasteiger partial charge in [-0.15, -0.1) is 0 Å². The van der Waals surface area contributed by atoms with E-state index in [-0.39, 0.29) is 0 Å². The number of thioether (sulfide) groups is 1. The van der Waals surface area contributed by atoms with E-state index in [1.165, 1.54) is 37.1 Å². The van der Waals surface area contributed by atoms with Crippen LogP contribution in [-0.4, -0.2) is 30.2 Å². The SMILES string of the molecule is c1cc(OC2CCSC2)ccc1CC1CCCN1. The van der Waals surface area contributed by atoms with Gasteiger partial charge in [0.15, 0.2) is 0 Å². The minimum atomic E-state index is 0.428. The molecule has 0 aromatic heterocycles. The first-order chi connectivity index (χ1) is 8.90. The van der Waals surface area contributed by atoms with Gasteiger partial charge in [-0.3, -0.25) is 0 Å². The van der Waals surface area contributed by atoms with Gasteiger partial charge in [0.1, 0.15) is 11.9 Å². The summed E-state index contributed by atoms with van der Waals surface area (Å²) >= 11 is 1.99. The number of benzene rings is 1. The third-order valence-electron chi connectivity index (χ3n) is 3.76. The third-order valence-corrected chi connectivity index (χ3v) is 4.89. The molecule has 3 heteroatoms. The molecule has 2 saturated heterocycles. The maximum absolute atomic E-state index is 5.96. The van der Waals surface area contributed by atoms with Crippen LogP contribution in [0.15, 0.2) is 24.3 Å². The van der Waals surface area contributed by atoms with E-state index >= 15 is 0 Å². The number of nitrogens with one attached hydrogen (secondary N) is 1. The second-order valence-electron chi connectivity index (χ2n) is 5.24. The van der Waals surface area contributed by atoms with Crippen molar-refractivity contribution in [1.82, 2.24) is 5.32 Å². The molecule has 0 amide bonds. The molecule has 0 saturated carbocycles. The van der Waals surface area contributed by atoms with Crippen molar-refractivity contribution in [1.29, 1.82) is 0 Å². The summed E-state index contributed by atoms with van der Waals surface area (Å²) in [4.78, 5) is 0. The normalized spacial score (nSPS) is 27.6. The maximum atomic E-state index is 5.96. The van der Waals surface area contributed by atoms with Crippen molar-refractivity contribution in [3.63, 3.8) is 0 Å². The van der Waals surface area contributed by atoms with Gasteiger partial charge in [0.25, 0.3) is 0 Å². The highest BCUT2D eigenvalue weighted by molar-refractivity contribution is 7.99. The Morgan fingerprint density at radius 1 is 1.22 bits per heavy atom. The van der Waals surface area contributed by atoms with E-state index in [4.69, 9.17) is 4.74 Å². The fraction of sp³-hybridized carbons (Fsp3) is 0.600. The van der Waals surface area contributed by atoms with Crippen molar-refractivity contribution < 1.29 is 4.74 Å². The van der Waals surface area contributed by atoms with Gasteiger partial charge in [-0.2, -0.15) is 11.8 Å². The van der Waals surface area contributed by atoms with E-state index in [1.807, 2.05) is 11.8 Å². The van der Waals surface area contributed by atoms with Crippen molar-refractivity contribution in [3.05, 3.63) is 29.8 Å². The molecule has 98 valence electrons. The zero-order valence-electron chi connectivity index (χ0n) is 10.7. The summed E-state index contributed by atoms with van der Waals surface area (Å²) in [6, 6.07) is 9.39. The molecule has 2 heterocycles. The van der Waals surface area contributed by atoms with Crippen molar-refractivity contribution >= 4 is 11.8 Å². The molecule has 18 heavy (non-hydrogen) atoms. The Kier molecular flexibility index (Phi) is 4.11. The number of hydrogen-bond acceptors (Lipinski definition) is 3. The molecule has 2 unspecified atom stereocenters. The van der Waals surface area contributed by atoms with Crippen LogP contribution < -0.4 is 10.1 Å². The molecule has 3 rings (SSSR count). The van der Waals surface area contributed by atoms with Crippen LogP contribution in [0.2, 0.25) is 0 Å². The van der Waals surface area contributed by atoms with Gasteiger partial charge in [0.05, 0.1) is 0 Å². The molecule has 2 aliphatic rings. The Morgan fingerprint density at radius 3 is 2.78 bits per heavy atom. The lowest BCUT2D eigenvalue weighted by molar-refractivity contribution is 0.229. The van der Waals surface area contributed by atoms with Crippen molar-refractivity contribution in [2.45, 2.75) is 37.8 Å². The second-order valence-corrected chi connectivity index (χ2v) is 6.39. The summed E-state index contributed by atoms with van der Waals surface area (Å²) in [7, 11) is 0. The molecule has 0 radical (unpaired) electrons. The lowest BCUT2D eigenvalue weighted by atomic mass is 10.0. The Balaban J connectivity index is 1.54. The minimum Gasteiger partial charge on any atom is -0.490 e. The Bertz CT molecular complexity index is 330. The van der Waals surface area contributed by atoms with Crippen LogP contribution in [-0.2, 0) is 6.42 Å². The van der Waals surface area contributed by atoms with Crippen LogP contribution in [0.4, 0.5) is 0 Å². The van der Waals surface area contributed by atoms with Crippen LogP contribution >= 0.6 is 11.8 Å². The Hall–Kier alpha value is -0.670. The first kappa shape index (κ1) is 12.4. The number of hydrogen-bond donors (Lipinski definition) is 1. The highest BCUT2D eigenvalue weighted by Crippen LogP contribution is 2.23. The van der Waals surface area contributed by atoms with Gasteiger partial charge in [-0.05, 0) is 55.7 Å². The zero-order valence-corrected chi connectivity index (χ0v) is 11.5. The summed E-state index contributed by atoms with van der Waals surface area (Å²) < 4.78 is 5.96. The van der Waals surface area contributed by atoms with Crippen molar-refractivity contribution in [2.75, 3.05) is 18.1 Å². The Morgan fingerprint density at radius 2 is 2.11 bits per heavy atom. The monoisotopic (exact) mass is 263 g/mol. The van der Waals surface area contributed by atoms with E-state index in [9.17, 15) is 0 Å². The highest BCUT2D eigenvalue weighted by atomic mass is 32.2. The average molecular weight is 263 g/mol. The molecular formula is C15H21NOS. The van der Waals surface area contributed by atoms with E-state index in [0.717, 1.165) is 17.9 Å². The zero-order chi connectivity index (χ0) is 12.2. The van der Waals surface area contributed by atoms with E-state index < -0.39 is 0 Å². The fourth-order valence-electron chi connectivity index (χ4n) is 2.72. The van der Waals surface area contributed by atoms with Crippen LogP contribution in [0.25, 0.3) is 0 Å². The van der Waals surface area contributed by atoms with Crippen molar-refractivity contribution in [3.8, 4) is 5.75 Å². The van der Waals surface area contributed by atoms with Crippen LogP contribution in [0.1, 0.15) is 24.8 Å². The molecule has 2 atom stereocenters. The number of rotatable bonds is 4. The lowest BCUT2D eigenvalue weighted by Crippen LogP contribution is -2.23. The predicted molar refractivity (Wildman–Crippen MR) is 77.5 cm³/mol. The van der Waals surface area contributed by atoms with E-state index in [0.29, 0.717) is 12.1 Å². The molecule has 1 aromatic carbocycles. The van der Waals surface area contributed by atoms with Gasteiger partial charge in [-0.25, -0.2) is 0 Å². The lowest BCUT2D eigenvalue weighted by Gasteiger charge is -2.14. The van der Waals surface area contributed by atoms with Crippen LogP contribution in [0, 0.1) is 0 Å². The van der Waals surface area contributed by atoms with Gasteiger partial charge < -0.3 is 10.1 Å². The molecular weight excluding hydrogens is 242 g/mol. The second kappa shape index (κ2) is 5.98. The van der Waals surface area contributed by atoms with Crippen LogP contribution in [0.5, 0.6) is 5.75 Å². The fourth-order valence-corrected chi connectivity index (χ4v) is 3.81. The molecule has 0 bridgehead atoms. The average Bonchev–Trinajstić information content (AvgIpc) is 3.05. The third kappa shape index (κ3) is 3.21. The highest BCUT2D eigenvalue weighted by Gasteiger charge is 2.17. The topological polar surface area (TPSA) is 21.3 Å². The molecule has 0 aliphatic carbocycles. The quantitative estimate of drug-likeness (QED) is 0.902.